The van der Waals surface area contributed by atoms with E-state index in [1.165, 1.54) is 24.3 Å². The van der Waals surface area contributed by atoms with E-state index in [0.717, 1.165) is 71.0 Å². The van der Waals surface area contributed by atoms with Gasteiger partial charge in [0, 0.05) is 35.9 Å². The first-order chi connectivity index (χ1) is 19.2. The van der Waals surface area contributed by atoms with Crippen molar-refractivity contribution >= 4 is 57.4 Å². The van der Waals surface area contributed by atoms with Crippen molar-refractivity contribution in [2.75, 3.05) is 25.0 Å². The van der Waals surface area contributed by atoms with E-state index >= 15 is 0 Å². The number of carbonyl (C=O) groups excluding carboxylic acids is 4. The first-order valence-corrected chi connectivity index (χ1v) is 14.2. The molecule has 0 atom stereocenters. The van der Waals surface area contributed by atoms with Crippen molar-refractivity contribution in [3.8, 4) is 0 Å². The van der Waals surface area contributed by atoms with E-state index in [0.29, 0.717) is 11.6 Å². The quantitative estimate of drug-likeness (QED) is 0.396. The first kappa shape index (κ1) is 27.6. The van der Waals surface area contributed by atoms with Crippen molar-refractivity contribution in [1.29, 1.82) is 0 Å². The van der Waals surface area contributed by atoms with E-state index in [-0.39, 0.29) is 17.4 Å². The van der Waals surface area contributed by atoms with Crippen LogP contribution >= 0.6 is 11.8 Å². The zero-order chi connectivity index (χ0) is 28.4. The molecule has 8 nitrogen and oxygen atoms in total. The number of para-hydroxylation sites is 1. The average molecular weight is 563 g/mol. The van der Waals surface area contributed by atoms with E-state index in [4.69, 9.17) is 0 Å². The Kier molecular flexibility index (Phi) is 8.07. The minimum atomic E-state index is -0.565. The maximum Gasteiger partial charge on any atom is 0.294 e. The monoisotopic (exact) mass is 562 g/mol. The first-order valence-electron chi connectivity index (χ1n) is 13.4. The van der Waals surface area contributed by atoms with Crippen LogP contribution in [0.1, 0.15) is 37.8 Å². The van der Waals surface area contributed by atoms with Gasteiger partial charge in [0.15, 0.2) is 0 Å². The average Bonchev–Trinajstić information content (AvgIpc) is 3.41. The van der Waals surface area contributed by atoms with Crippen LogP contribution < -0.4 is 5.32 Å². The molecule has 40 heavy (non-hydrogen) atoms. The van der Waals surface area contributed by atoms with Crippen molar-refractivity contribution in [1.82, 2.24) is 14.4 Å². The summed E-state index contributed by atoms with van der Waals surface area (Å²) >= 11 is 0.776. The number of hydrogen-bond donors (Lipinski definition) is 1. The number of imide groups is 1. The van der Waals surface area contributed by atoms with Gasteiger partial charge >= 0.3 is 0 Å². The highest BCUT2D eigenvalue weighted by molar-refractivity contribution is 8.18. The number of hydrogen-bond acceptors (Lipinski definition) is 5. The number of rotatable bonds is 7. The highest BCUT2D eigenvalue weighted by atomic mass is 32.2. The molecule has 0 radical (unpaired) electrons. The number of nitrogens with zero attached hydrogens (tertiary/aromatic N) is 3. The number of likely N-dealkylation sites (tertiary alicyclic amines) is 1. The lowest BCUT2D eigenvalue weighted by atomic mass is 9.99. The number of thioether (sulfide) groups is 1. The van der Waals surface area contributed by atoms with E-state index in [1.54, 1.807) is 6.08 Å². The van der Waals surface area contributed by atoms with Crippen LogP contribution in [0.4, 0.5) is 14.9 Å². The summed E-state index contributed by atoms with van der Waals surface area (Å²) in [5.74, 6) is -0.875. The van der Waals surface area contributed by atoms with Crippen molar-refractivity contribution in [2.45, 2.75) is 39.7 Å². The predicted molar refractivity (Wildman–Crippen MR) is 154 cm³/mol. The molecule has 4 amide bonds. The van der Waals surface area contributed by atoms with Crippen LogP contribution in [-0.2, 0) is 27.3 Å². The van der Waals surface area contributed by atoms with Crippen LogP contribution in [0, 0.1) is 11.7 Å². The third kappa shape index (κ3) is 5.82. The molecule has 10 heteroatoms. The minimum Gasteiger partial charge on any atom is -0.341 e. The second-order valence-electron chi connectivity index (χ2n) is 10.3. The molecule has 2 aromatic carbocycles. The summed E-state index contributed by atoms with van der Waals surface area (Å²) in [7, 11) is 0. The standard InChI is InChI=1S/C30H31FN4O4S/c1-3-20-5-4-6-24-21(16-34(28(20)24)18-27(37)33-13-11-19(2)12-14-33)15-25-29(38)35(30(39)40-25)17-26(36)32-23-9-7-22(31)8-10-23/h4-10,15-16,19H,3,11-14,17-18H2,1-2H3,(H,32,36)/b25-15-. The van der Waals surface area contributed by atoms with E-state index in [2.05, 4.69) is 19.2 Å². The lowest BCUT2D eigenvalue weighted by molar-refractivity contribution is -0.133. The Labute approximate surface area is 236 Å². The lowest BCUT2D eigenvalue weighted by Gasteiger charge is -2.30. The predicted octanol–water partition coefficient (Wildman–Crippen LogP) is 5.28. The van der Waals surface area contributed by atoms with Crippen molar-refractivity contribution in [3.05, 3.63) is 70.5 Å². The summed E-state index contributed by atoms with van der Waals surface area (Å²) in [6.07, 6.45) is 6.30. The molecular formula is C30H31FN4O4S. The molecule has 5 rings (SSSR count). The normalized spacial score (nSPS) is 17.3. The molecule has 3 heterocycles. The lowest BCUT2D eigenvalue weighted by Crippen LogP contribution is -2.39. The largest absolute Gasteiger partial charge is 0.341 e. The van der Waals surface area contributed by atoms with Crippen LogP contribution in [0.2, 0.25) is 0 Å². The van der Waals surface area contributed by atoms with E-state index in [1.807, 2.05) is 33.9 Å². The Morgan fingerprint density at radius 1 is 1.07 bits per heavy atom. The highest BCUT2D eigenvalue weighted by Crippen LogP contribution is 2.35. The maximum atomic E-state index is 13.2. The molecule has 2 aliphatic rings. The number of anilines is 1. The van der Waals surface area contributed by atoms with Gasteiger partial charge in [0.2, 0.25) is 11.8 Å². The third-order valence-corrected chi connectivity index (χ3v) is 8.33. The smallest absolute Gasteiger partial charge is 0.294 e. The van der Waals surface area contributed by atoms with Crippen molar-refractivity contribution in [2.24, 2.45) is 5.92 Å². The number of aryl methyl sites for hydroxylation is 1. The van der Waals surface area contributed by atoms with Crippen molar-refractivity contribution < 1.29 is 23.6 Å². The summed E-state index contributed by atoms with van der Waals surface area (Å²) in [4.78, 5) is 54.5. The second-order valence-corrected chi connectivity index (χ2v) is 11.3. The van der Waals surface area contributed by atoms with Gasteiger partial charge in [-0.1, -0.05) is 32.0 Å². The molecule has 0 saturated carbocycles. The molecule has 0 bridgehead atoms. The number of aromatic nitrogens is 1. The van der Waals surface area contributed by atoms with Crippen molar-refractivity contribution in [3.63, 3.8) is 0 Å². The molecule has 0 aliphatic carbocycles. The van der Waals surface area contributed by atoms with Gasteiger partial charge in [-0.25, -0.2) is 4.39 Å². The maximum absolute atomic E-state index is 13.2. The van der Waals surface area contributed by atoms with Gasteiger partial charge in [-0.2, -0.15) is 0 Å². The fraction of sp³-hybridized carbons (Fsp3) is 0.333. The summed E-state index contributed by atoms with van der Waals surface area (Å²) in [6.45, 7) is 5.52. The Hall–Kier alpha value is -3.92. The molecule has 3 aromatic rings. The van der Waals surface area contributed by atoms with Gasteiger partial charge in [0.25, 0.3) is 11.1 Å². The van der Waals surface area contributed by atoms with Gasteiger partial charge in [0.05, 0.1) is 10.4 Å². The third-order valence-electron chi connectivity index (χ3n) is 7.43. The van der Waals surface area contributed by atoms with E-state index < -0.39 is 29.4 Å². The van der Waals surface area contributed by atoms with Crippen LogP contribution in [0.3, 0.4) is 0 Å². The topological polar surface area (TPSA) is 91.7 Å². The zero-order valence-electron chi connectivity index (χ0n) is 22.5. The van der Waals surface area contributed by atoms with Gasteiger partial charge in [0.1, 0.15) is 18.9 Å². The van der Waals surface area contributed by atoms with Crippen LogP contribution in [-0.4, -0.2) is 57.0 Å². The van der Waals surface area contributed by atoms with Gasteiger partial charge < -0.3 is 14.8 Å². The summed E-state index contributed by atoms with van der Waals surface area (Å²) in [6, 6.07) is 11.1. The number of carbonyl (C=O) groups is 4. The second kappa shape index (κ2) is 11.7. The molecule has 208 valence electrons. The Balaban J connectivity index is 1.37. The van der Waals surface area contributed by atoms with Gasteiger partial charge in [-0.05, 0) is 72.8 Å². The Bertz CT molecular complexity index is 1510. The molecule has 1 N–H and O–H groups in total. The molecule has 1 aromatic heterocycles. The number of halogens is 1. The number of nitrogens with one attached hydrogen (secondary N) is 1. The van der Waals surface area contributed by atoms with Crippen LogP contribution in [0.5, 0.6) is 0 Å². The SMILES string of the molecule is CCc1cccc2c(/C=C3\SC(=O)N(CC(=O)Nc4ccc(F)cc4)C3=O)cn(CC(=O)N3CCC(C)CC3)c12. The number of fused-ring (bicyclic) bond motifs is 1. The summed E-state index contributed by atoms with van der Waals surface area (Å²) in [5, 5.41) is 2.92. The molecule has 0 spiro atoms. The Morgan fingerprint density at radius 3 is 2.50 bits per heavy atom. The number of amides is 4. The minimum absolute atomic E-state index is 0.0637. The number of piperidine rings is 1. The highest BCUT2D eigenvalue weighted by Gasteiger charge is 2.36. The fourth-order valence-corrected chi connectivity index (χ4v) is 5.98. The molecule has 2 saturated heterocycles. The Morgan fingerprint density at radius 2 is 1.80 bits per heavy atom. The van der Waals surface area contributed by atoms with Crippen LogP contribution in [0.15, 0.2) is 53.6 Å². The van der Waals surface area contributed by atoms with Gasteiger partial charge in [-0.3, -0.25) is 24.1 Å². The summed E-state index contributed by atoms with van der Waals surface area (Å²) in [5.41, 5.74) is 3.12. The molecule has 0 unspecified atom stereocenters. The van der Waals surface area contributed by atoms with Gasteiger partial charge in [-0.15, -0.1) is 0 Å². The fourth-order valence-electron chi connectivity index (χ4n) is 5.15. The molecule has 2 aliphatic heterocycles. The number of benzene rings is 2. The van der Waals surface area contributed by atoms with E-state index in [9.17, 15) is 23.6 Å². The molecule has 2 fully saturated rings. The molecular weight excluding hydrogens is 531 g/mol. The van der Waals surface area contributed by atoms with Crippen LogP contribution in [0.25, 0.3) is 17.0 Å². The summed E-state index contributed by atoms with van der Waals surface area (Å²) < 4.78 is 15.1. The zero-order valence-corrected chi connectivity index (χ0v) is 23.3.